The summed E-state index contributed by atoms with van der Waals surface area (Å²) in [5.74, 6) is -0.139. The van der Waals surface area contributed by atoms with Crippen LogP contribution < -0.4 is 4.90 Å². The number of hydrogen-bond donors (Lipinski definition) is 0. The third-order valence-electron chi connectivity index (χ3n) is 5.75. The highest BCUT2D eigenvalue weighted by molar-refractivity contribution is 6.08. The Morgan fingerprint density at radius 3 is 2.48 bits per heavy atom. The van der Waals surface area contributed by atoms with Crippen LogP contribution in [0.25, 0.3) is 0 Å². The Morgan fingerprint density at radius 2 is 1.84 bits per heavy atom. The molecule has 2 aliphatic rings. The second-order valence-corrected chi connectivity index (χ2v) is 7.65. The molecule has 31 heavy (non-hydrogen) atoms. The number of Topliss-reactive ketones (excluding diaryl/α,β-unsaturated/α-hetero) is 1. The minimum atomic E-state index is -4.55. The van der Waals surface area contributed by atoms with Crippen molar-refractivity contribution in [2.45, 2.75) is 32.0 Å². The van der Waals surface area contributed by atoms with Gasteiger partial charge in [-0.05, 0) is 54.8 Å². The number of rotatable bonds is 2. The molecule has 0 fully saturated rings. The predicted molar refractivity (Wildman–Crippen MR) is 107 cm³/mol. The first-order valence-corrected chi connectivity index (χ1v) is 9.64. The number of allylic oxidation sites excluding steroid dienone is 1. The molecule has 5 nitrogen and oxygen atoms in total. The monoisotopic (exact) mass is 425 g/mol. The van der Waals surface area contributed by atoms with Crippen LogP contribution in [0.2, 0.25) is 0 Å². The summed E-state index contributed by atoms with van der Waals surface area (Å²) in [6, 6.07) is 10.5. The fraction of sp³-hybridized carbons (Fsp3) is 0.261. The first-order valence-electron chi connectivity index (χ1n) is 9.64. The fourth-order valence-corrected chi connectivity index (χ4v) is 4.29. The largest absolute Gasteiger partial charge is 0.416 e. The van der Waals surface area contributed by atoms with Gasteiger partial charge in [0.1, 0.15) is 0 Å². The van der Waals surface area contributed by atoms with E-state index in [4.69, 9.17) is 5.26 Å². The van der Waals surface area contributed by atoms with Crippen LogP contribution in [0.4, 0.5) is 23.7 Å². The van der Waals surface area contributed by atoms with Crippen molar-refractivity contribution in [2.75, 3.05) is 11.9 Å². The molecule has 0 aromatic heterocycles. The minimum absolute atomic E-state index is 0.0730. The first-order chi connectivity index (χ1) is 14.6. The third kappa shape index (κ3) is 3.36. The van der Waals surface area contributed by atoms with Crippen molar-refractivity contribution in [3.05, 3.63) is 76.0 Å². The molecule has 1 aliphatic carbocycles. The molecule has 0 saturated heterocycles. The molecule has 0 radical (unpaired) electrons. The number of nitriles is 1. The van der Waals surface area contributed by atoms with Crippen molar-refractivity contribution in [3.63, 3.8) is 0 Å². The maximum Gasteiger partial charge on any atom is 0.416 e. The zero-order chi connectivity index (χ0) is 22.5. The molecule has 158 valence electrons. The average molecular weight is 425 g/mol. The number of alkyl halides is 3. The van der Waals surface area contributed by atoms with Crippen molar-refractivity contribution in [1.29, 1.82) is 5.26 Å². The summed E-state index contributed by atoms with van der Waals surface area (Å²) in [5.41, 5.74) is 1.97. The van der Waals surface area contributed by atoms with Gasteiger partial charge in [0.05, 0.1) is 28.9 Å². The van der Waals surface area contributed by atoms with Gasteiger partial charge in [0.2, 0.25) is 0 Å². The van der Waals surface area contributed by atoms with E-state index in [0.717, 1.165) is 17.7 Å². The summed E-state index contributed by atoms with van der Waals surface area (Å²) in [7, 11) is 1.53. The minimum Gasteiger partial charge on any atom is -0.316 e. The number of carbonyl (C=O) groups excluding carboxylic acids is 2. The first kappa shape index (κ1) is 20.7. The lowest BCUT2D eigenvalue weighted by Crippen LogP contribution is -2.48. The zero-order valence-electron chi connectivity index (χ0n) is 16.8. The molecule has 0 N–H and O–H groups in total. The highest BCUT2D eigenvalue weighted by atomic mass is 19.4. The Bertz CT molecular complexity index is 1180. The fourth-order valence-electron chi connectivity index (χ4n) is 4.29. The average Bonchev–Trinajstić information content (AvgIpc) is 3.10. The smallest absolute Gasteiger partial charge is 0.316 e. The van der Waals surface area contributed by atoms with Gasteiger partial charge in [-0.15, -0.1) is 0 Å². The van der Waals surface area contributed by atoms with E-state index >= 15 is 0 Å². The molecule has 0 spiro atoms. The molecule has 2 aromatic rings. The Hall–Kier alpha value is -3.60. The van der Waals surface area contributed by atoms with Crippen LogP contribution in [0.1, 0.15) is 41.1 Å². The van der Waals surface area contributed by atoms with E-state index in [2.05, 4.69) is 6.07 Å². The van der Waals surface area contributed by atoms with Crippen LogP contribution >= 0.6 is 0 Å². The summed E-state index contributed by atoms with van der Waals surface area (Å²) >= 11 is 0. The molecule has 1 heterocycles. The van der Waals surface area contributed by atoms with Gasteiger partial charge >= 0.3 is 12.2 Å². The normalized spacial score (nSPS) is 19.0. The molecule has 2 aromatic carbocycles. The number of carbonyl (C=O) groups is 2. The van der Waals surface area contributed by atoms with Gasteiger partial charge in [0.15, 0.2) is 5.78 Å². The van der Waals surface area contributed by atoms with Crippen LogP contribution in [0.5, 0.6) is 0 Å². The van der Waals surface area contributed by atoms with Crippen LogP contribution in [0.3, 0.4) is 0 Å². The Kier molecular flexibility index (Phi) is 4.85. The van der Waals surface area contributed by atoms with E-state index in [1.54, 1.807) is 25.1 Å². The Morgan fingerprint density at radius 1 is 1.10 bits per heavy atom. The number of urea groups is 1. The van der Waals surface area contributed by atoms with Crippen LogP contribution in [-0.4, -0.2) is 23.8 Å². The van der Waals surface area contributed by atoms with E-state index in [9.17, 15) is 22.8 Å². The summed E-state index contributed by atoms with van der Waals surface area (Å²) in [6.45, 7) is 1.80. The lowest BCUT2D eigenvalue weighted by atomic mass is 9.90. The van der Waals surface area contributed by atoms with Crippen molar-refractivity contribution in [1.82, 2.24) is 4.90 Å². The molecule has 0 unspecified atom stereocenters. The molecular weight excluding hydrogens is 407 g/mol. The summed E-state index contributed by atoms with van der Waals surface area (Å²) in [5, 5.41) is 9.13. The van der Waals surface area contributed by atoms with E-state index in [1.807, 2.05) is 0 Å². The molecule has 8 heteroatoms. The Balaban J connectivity index is 1.88. The molecule has 0 bridgehead atoms. The van der Waals surface area contributed by atoms with Gasteiger partial charge in [-0.1, -0.05) is 12.1 Å². The maximum atomic E-state index is 13.3. The molecule has 0 saturated carbocycles. The number of amides is 2. The number of nitrogens with zero attached hydrogens (tertiary/aromatic N) is 3. The van der Waals surface area contributed by atoms with E-state index < -0.39 is 23.8 Å². The molecule has 1 aliphatic heterocycles. The summed E-state index contributed by atoms with van der Waals surface area (Å²) in [6.07, 6.45) is -4.09. The number of likely N-dealkylation sites (N-methyl/N-ethyl adjacent to an activating group) is 1. The maximum absolute atomic E-state index is 13.3. The van der Waals surface area contributed by atoms with E-state index in [1.165, 1.54) is 29.0 Å². The van der Waals surface area contributed by atoms with Gasteiger partial charge < -0.3 is 4.90 Å². The van der Waals surface area contributed by atoms with Gasteiger partial charge in [-0.2, -0.15) is 18.4 Å². The predicted octanol–water partition coefficient (Wildman–Crippen LogP) is 5.12. The van der Waals surface area contributed by atoms with E-state index in [0.29, 0.717) is 22.4 Å². The Labute approximate surface area is 177 Å². The zero-order valence-corrected chi connectivity index (χ0v) is 16.8. The van der Waals surface area contributed by atoms with Crippen molar-refractivity contribution < 1.29 is 22.8 Å². The quantitative estimate of drug-likeness (QED) is 0.671. The number of halogens is 3. The van der Waals surface area contributed by atoms with Crippen molar-refractivity contribution >= 4 is 17.5 Å². The van der Waals surface area contributed by atoms with Crippen LogP contribution in [0, 0.1) is 18.3 Å². The van der Waals surface area contributed by atoms with Crippen LogP contribution in [0.15, 0.2) is 53.7 Å². The van der Waals surface area contributed by atoms with E-state index in [-0.39, 0.29) is 24.3 Å². The highest BCUT2D eigenvalue weighted by Crippen LogP contribution is 2.45. The third-order valence-corrected chi connectivity index (χ3v) is 5.75. The topological polar surface area (TPSA) is 64.4 Å². The standard InChI is InChI=1S/C23H18F3N3O2/c1-13-10-14(12-27)6-7-17(13)21-20-18(8-9-19(20)30)29(22(31)28(21)2)16-5-3-4-15(11-16)23(24,25)26/h3-7,10-11,21H,8-9H2,1-2H3/t21-/m1/s1. The lowest BCUT2D eigenvalue weighted by Gasteiger charge is -2.41. The van der Waals surface area contributed by atoms with Gasteiger partial charge in [0, 0.05) is 24.7 Å². The highest BCUT2D eigenvalue weighted by Gasteiger charge is 2.45. The number of hydrogen-bond acceptors (Lipinski definition) is 3. The van der Waals surface area contributed by atoms with Gasteiger partial charge in [-0.3, -0.25) is 9.69 Å². The molecule has 1 atom stereocenters. The SMILES string of the molecule is Cc1cc(C#N)ccc1[C@@H]1C2=C(CCC2=O)N(c2cccc(C(F)(F)F)c2)C(=O)N1C. The number of benzene rings is 2. The second kappa shape index (κ2) is 7.27. The summed E-state index contributed by atoms with van der Waals surface area (Å²) < 4.78 is 39.7. The van der Waals surface area contributed by atoms with Gasteiger partial charge in [0.25, 0.3) is 0 Å². The lowest BCUT2D eigenvalue weighted by molar-refractivity contribution is -0.137. The number of aryl methyl sites for hydroxylation is 1. The van der Waals surface area contributed by atoms with Crippen LogP contribution in [-0.2, 0) is 11.0 Å². The number of ketones is 1. The summed E-state index contributed by atoms with van der Waals surface area (Å²) in [4.78, 5) is 28.7. The van der Waals surface area contributed by atoms with Gasteiger partial charge in [-0.25, -0.2) is 4.79 Å². The molecular formula is C23H18F3N3O2. The van der Waals surface area contributed by atoms with Crippen molar-refractivity contribution in [2.24, 2.45) is 0 Å². The van der Waals surface area contributed by atoms with Crippen molar-refractivity contribution in [3.8, 4) is 6.07 Å². The molecule has 4 rings (SSSR count). The second-order valence-electron chi connectivity index (χ2n) is 7.65. The molecule has 2 amide bonds. The number of anilines is 1.